The first-order valence-electron chi connectivity index (χ1n) is 9.53. The number of carbonyl (C=O) groups is 2. The molecule has 2 N–H and O–H groups in total. The van der Waals surface area contributed by atoms with Crippen LogP contribution in [0.15, 0.2) is 75.8 Å². The van der Waals surface area contributed by atoms with Gasteiger partial charge in [-0.3, -0.25) is 19.5 Å². The molecular formula is C22H18N4O3S3. The number of thiophene rings is 2. The minimum atomic E-state index is -0.599. The van der Waals surface area contributed by atoms with Gasteiger partial charge in [-0.1, -0.05) is 42.1 Å². The van der Waals surface area contributed by atoms with Crippen molar-refractivity contribution in [1.82, 2.24) is 20.2 Å². The molecule has 0 aliphatic carbocycles. The van der Waals surface area contributed by atoms with Crippen LogP contribution >= 0.6 is 34.4 Å². The number of imide groups is 1. The molecule has 1 aromatic carbocycles. The molecule has 3 amide bonds. The topological polar surface area (TPSA) is 93.1 Å². The van der Waals surface area contributed by atoms with Crippen molar-refractivity contribution < 1.29 is 9.59 Å². The molecule has 32 heavy (non-hydrogen) atoms. The number of carbonyl (C=O) groups excluding carboxylic acids is 2. The number of nitrogens with one attached hydrogen (secondary N) is 2. The number of aromatic nitrogens is 2. The molecule has 3 aromatic heterocycles. The minimum absolute atomic E-state index is 0.0740. The molecule has 0 fully saturated rings. The smallest absolute Gasteiger partial charge is 0.321 e. The zero-order valence-electron chi connectivity index (χ0n) is 16.7. The lowest BCUT2D eigenvalue weighted by atomic mass is 10.2. The molecule has 0 bridgehead atoms. The van der Waals surface area contributed by atoms with Crippen molar-refractivity contribution in [3.63, 3.8) is 0 Å². The molecule has 4 rings (SSSR count). The summed E-state index contributed by atoms with van der Waals surface area (Å²) in [6.45, 7) is 3.76. The zero-order valence-corrected chi connectivity index (χ0v) is 19.2. The van der Waals surface area contributed by atoms with Crippen molar-refractivity contribution in [3.05, 3.63) is 76.2 Å². The van der Waals surface area contributed by atoms with Gasteiger partial charge < -0.3 is 5.32 Å². The number of urea groups is 1. The maximum atomic E-state index is 13.6. The van der Waals surface area contributed by atoms with Crippen LogP contribution in [0, 0.1) is 0 Å². The molecule has 0 aliphatic rings. The Labute approximate surface area is 195 Å². The number of thioether (sulfide) groups is 1. The van der Waals surface area contributed by atoms with Gasteiger partial charge in [-0.25, -0.2) is 9.78 Å². The van der Waals surface area contributed by atoms with Crippen LogP contribution in [0.2, 0.25) is 0 Å². The van der Waals surface area contributed by atoms with Crippen molar-refractivity contribution in [2.45, 2.75) is 5.16 Å². The van der Waals surface area contributed by atoms with E-state index in [4.69, 9.17) is 4.98 Å². The van der Waals surface area contributed by atoms with Crippen molar-refractivity contribution in [2.75, 3.05) is 12.3 Å². The van der Waals surface area contributed by atoms with E-state index in [9.17, 15) is 14.4 Å². The largest absolute Gasteiger partial charge is 0.334 e. The van der Waals surface area contributed by atoms with Gasteiger partial charge in [-0.05, 0) is 23.6 Å². The third-order valence-corrected chi connectivity index (χ3v) is 7.08. The van der Waals surface area contributed by atoms with E-state index >= 15 is 0 Å². The van der Waals surface area contributed by atoms with E-state index < -0.39 is 11.9 Å². The summed E-state index contributed by atoms with van der Waals surface area (Å²) >= 11 is 4.06. The Morgan fingerprint density at radius 2 is 1.97 bits per heavy atom. The number of hydrogen-bond donors (Lipinski definition) is 2. The van der Waals surface area contributed by atoms with Crippen LogP contribution < -0.4 is 16.2 Å². The molecule has 0 unspecified atom stereocenters. The molecule has 0 saturated heterocycles. The van der Waals surface area contributed by atoms with Gasteiger partial charge in [-0.15, -0.1) is 29.3 Å². The van der Waals surface area contributed by atoms with E-state index in [0.29, 0.717) is 21.1 Å². The quantitative estimate of drug-likeness (QED) is 0.233. The van der Waals surface area contributed by atoms with Gasteiger partial charge in [0.15, 0.2) is 5.16 Å². The third-order valence-electron chi connectivity index (χ3n) is 4.37. The monoisotopic (exact) mass is 482 g/mol. The normalized spacial score (nSPS) is 10.8. The van der Waals surface area contributed by atoms with E-state index in [2.05, 4.69) is 17.2 Å². The Morgan fingerprint density at radius 3 is 2.69 bits per heavy atom. The number of hydrogen-bond acceptors (Lipinski definition) is 7. The number of rotatable bonds is 7. The average Bonchev–Trinajstić information content (AvgIpc) is 3.47. The fraction of sp³-hybridized carbons (Fsp3) is 0.0909. The summed E-state index contributed by atoms with van der Waals surface area (Å²) < 4.78 is 1.52. The molecule has 4 aromatic rings. The summed E-state index contributed by atoms with van der Waals surface area (Å²) in [6, 6.07) is 12.5. The molecule has 10 heteroatoms. The van der Waals surface area contributed by atoms with Crippen molar-refractivity contribution >= 4 is 56.6 Å². The van der Waals surface area contributed by atoms with Gasteiger partial charge in [0.2, 0.25) is 5.91 Å². The lowest BCUT2D eigenvalue weighted by Crippen LogP contribution is -2.40. The number of para-hydroxylation sites is 1. The maximum Gasteiger partial charge on any atom is 0.321 e. The van der Waals surface area contributed by atoms with Gasteiger partial charge in [-0.2, -0.15) is 0 Å². The second kappa shape index (κ2) is 9.94. The third kappa shape index (κ3) is 4.67. The van der Waals surface area contributed by atoms with E-state index in [0.717, 1.165) is 22.2 Å². The molecule has 0 radical (unpaired) electrons. The number of benzene rings is 1. The van der Waals surface area contributed by atoms with E-state index in [1.807, 2.05) is 53.2 Å². The van der Waals surface area contributed by atoms with Crippen molar-refractivity contribution in [1.29, 1.82) is 0 Å². The van der Waals surface area contributed by atoms with Gasteiger partial charge >= 0.3 is 6.03 Å². The fourth-order valence-electron chi connectivity index (χ4n) is 2.99. The van der Waals surface area contributed by atoms with Crippen LogP contribution in [0.5, 0.6) is 0 Å². The summed E-state index contributed by atoms with van der Waals surface area (Å²) in [6.07, 6.45) is 1.52. The first-order valence-corrected chi connectivity index (χ1v) is 12.3. The van der Waals surface area contributed by atoms with Crippen LogP contribution in [0.1, 0.15) is 0 Å². The molecule has 0 atom stereocenters. The van der Waals surface area contributed by atoms with Crippen molar-refractivity contribution in [2.24, 2.45) is 0 Å². The summed E-state index contributed by atoms with van der Waals surface area (Å²) in [5.41, 5.74) is 1.31. The summed E-state index contributed by atoms with van der Waals surface area (Å²) in [4.78, 5) is 43.8. The second-order valence-corrected chi connectivity index (χ2v) is 9.26. The minimum Gasteiger partial charge on any atom is -0.334 e. The van der Waals surface area contributed by atoms with Crippen LogP contribution in [0.4, 0.5) is 4.79 Å². The molecule has 7 nitrogen and oxygen atoms in total. The first-order chi connectivity index (χ1) is 15.6. The molecule has 0 aliphatic heterocycles. The van der Waals surface area contributed by atoms with Crippen LogP contribution in [-0.2, 0) is 4.79 Å². The standard InChI is InChI=1S/C22H18N4O3S3/c1-2-10-23-21(29)24-17(27)13-32-22-25-19-18(15(12-31-19)16-9-6-11-30-16)20(28)26(22)14-7-4-3-5-8-14/h2-9,11-12H,1,10,13H2,(H2,23,24,27,29). The van der Waals surface area contributed by atoms with E-state index in [-0.39, 0.29) is 17.9 Å². The SMILES string of the molecule is C=CCNC(=O)NC(=O)CSc1nc2scc(-c3cccs3)c2c(=O)n1-c1ccccc1. The summed E-state index contributed by atoms with van der Waals surface area (Å²) in [5, 5.41) is 9.57. The fourth-order valence-corrected chi connectivity index (χ4v) is 5.60. The lowest BCUT2D eigenvalue weighted by molar-refractivity contribution is -0.117. The number of nitrogens with zero attached hydrogens (tertiary/aromatic N) is 2. The first kappa shape index (κ1) is 22.0. The average molecular weight is 483 g/mol. The Morgan fingerprint density at radius 1 is 1.16 bits per heavy atom. The maximum absolute atomic E-state index is 13.6. The highest BCUT2D eigenvalue weighted by atomic mass is 32.2. The molecule has 162 valence electrons. The number of fused-ring (bicyclic) bond motifs is 1. The van der Waals surface area contributed by atoms with E-state index in [1.165, 1.54) is 22.0 Å². The van der Waals surface area contributed by atoms with Gasteiger partial charge in [0.25, 0.3) is 5.56 Å². The summed E-state index contributed by atoms with van der Waals surface area (Å²) in [5.74, 6) is -0.564. The Hall–Kier alpha value is -3.21. The van der Waals surface area contributed by atoms with Crippen LogP contribution in [-0.4, -0.2) is 33.8 Å². The molecule has 0 saturated carbocycles. The summed E-state index contributed by atoms with van der Waals surface area (Å²) in [7, 11) is 0. The highest BCUT2D eigenvalue weighted by Gasteiger charge is 2.20. The molecular weight excluding hydrogens is 464 g/mol. The predicted octanol–water partition coefficient (Wildman–Crippen LogP) is 4.28. The van der Waals surface area contributed by atoms with Gasteiger partial charge in [0.05, 0.1) is 16.8 Å². The van der Waals surface area contributed by atoms with Gasteiger partial charge in [0, 0.05) is 22.4 Å². The zero-order chi connectivity index (χ0) is 22.5. The molecule has 3 heterocycles. The van der Waals surface area contributed by atoms with Crippen molar-refractivity contribution in [3.8, 4) is 16.1 Å². The number of amides is 3. The Kier molecular flexibility index (Phi) is 6.84. The highest BCUT2D eigenvalue weighted by molar-refractivity contribution is 7.99. The molecule has 0 spiro atoms. The van der Waals surface area contributed by atoms with Crippen LogP contribution in [0.3, 0.4) is 0 Å². The Bertz CT molecular complexity index is 1330. The highest BCUT2D eigenvalue weighted by Crippen LogP contribution is 2.35. The Balaban J connectivity index is 1.71. The second-order valence-electron chi connectivity index (χ2n) is 6.51. The van der Waals surface area contributed by atoms with E-state index in [1.54, 1.807) is 11.3 Å². The van der Waals surface area contributed by atoms with Crippen LogP contribution in [0.25, 0.3) is 26.3 Å². The van der Waals surface area contributed by atoms with Gasteiger partial charge in [0.1, 0.15) is 4.83 Å². The predicted molar refractivity (Wildman–Crippen MR) is 131 cm³/mol. The lowest BCUT2D eigenvalue weighted by Gasteiger charge is -2.12.